The minimum Gasteiger partial charge on any atom is -0.497 e. The van der Waals surface area contributed by atoms with Crippen LogP contribution in [0.25, 0.3) is 11.3 Å². The van der Waals surface area contributed by atoms with Crippen molar-refractivity contribution in [2.45, 2.75) is 26.1 Å². The van der Waals surface area contributed by atoms with Gasteiger partial charge in [-0.3, -0.25) is 4.79 Å². The molecule has 2 aromatic rings. The zero-order chi connectivity index (χ0) is 15.4. The minimum absolute atomic E-state index is 0.0408. The number of hydrogen-bond donors (Lipinski definition) is 1. The SMILES string of the molecule is COc1cccc(-c2ccc(CS)c(=O)n2CC(C)C)c1. The van der Waals surface area contributed by atoms with Gasteiger partial charge in [0.15, 0.2) is 0 Å². The van der Waals surface area contributed by atoms with E-state index in [1.807, 2.05) is 41.0 Å². The van der Waals surface area contributed by atoms with E-state index in [9.17, 15) is 4.79 Å². The van der Waals surface area contributed by atoms with E-state index in [0.717, 1.165) is 22.6 Å². The van der Waals surface area contributed by atoms with Gasteiger partial charge >= 0.3 is 0 Å². The molecule has 0 saturated carbocycles. The van der Waals surface area contributed by atoms with Gasteiger partial charge < -0.3 is 9.30 Å². The third kappa shape index (κ3) is 3.50. The van der Waals surface area contributed by atoms with Gasteiger partial charge in [0.2, 0.25) is 0 Å². The third-order valence-corrected chi connectivity index (χ3v) is 3.68. The Labute approximate surface area is 131 Å². The van der Waals surface area contributed by atoms with Crippen LogP contribution in [0.1, 0.15) is 19.4 Å². The molecule has 0 N–H and O–H groups in total. The molecule has 0 aliphatic rings. The Morgan fingerprint density at radius 2 is 2.00 bits per heavy atom. The van der Waals surface area contributed by atoms with Crippen LogP contribution in [0.5, 0.6) is 5.75 Å². The van der Waals surface area contributed by atoms with E-state index in [-0.39, 0.29) is 5.56 Å². The van der Waals surface area contributed by atoms with Crippen LogP contribution in [-0.2, 0) is 12.3 Å². The summed E-state index contributed by atoms with van der Waals surface area (Å²) in [6, 6.07) is 11.6. The second-order valence-corrected chi connectivity index (χ2v) is 5.76. The van der Waals surface area contributed by atoms with Crippen LogP contribution in [-0.4, -0.2) is 11.7 Å². The van der Waals surface area contributed by atoms with E-state index in [0.29, 0.717) is 18.2 Å². The number of benzene rings is 1. The van der Waals surface area contributed by atoms with Gasteiger partial charge in [-0.1, -0.05) is 32.0 Å². The van der Waals surface area contributed by atoms with E-state index in [4.69, 9.17) is 4.74 Å². The Hall–Kier alpha value is -1.68. The van der Waals surface area contributed by atoms with Crippen molar-refractivity contribution >= 4 is 12.6 Å². The fourth-order valence-electron chi connectivity index (χ4n) is 2.32. The first kappa shape index (κ1) is 15.7. The van der Waals surface area contributed by atoms with E-state index in [1.165, 1.54) is 0 Å². The Bertz CT molecular complexity index is 677. The van der Waals surface area contributed by atoms with Crippen LogP contribution >= 0.6 is 12.6 Å². The molecule has 112 valence electrons. The van der Waals surface area contributed by atoms with Crippen LogP contribution in [0.4, 0.5) is 0 Å². The summed E-state index contributed by atoms with van der Waals surface area (Å²) in [5.41, 5.74) is 2.67. The van der Waals surface area contributed by atoms with Crippen LogP contribution in [0, 0.1) is 5.92 Å². The standard InChI is InChI=1S/C17H21NO2S/c1-12(2)10-18-16(8-7-14(11-21)17(18)19)13-5-4-6-15(9-13)20-3/h4-9,12,21H,10-11H2,1-3H3. The lowest BCUT2D eigenvalue weighted by Crippen LogP contribution is -2.26. The average molecular weight is 303 g/mol. The van der Waals surface area contributed by atoms with Crippen LogP contribution in [0.2, 0.25) is 0 Å². The molecule has 1 heterocycles. The van der Waals surface area contributed by atoms with Crippen molar-refractivity contribution in [3.8, 4) is 17.0 Å². The monoisotopic (exact) mass is 303 g/mol. The first-order chi connectivity index (χ1) is 10.1. The zero-order valence-corrected chi connectivity index (χ0v) is 13.6. The highest BCUT2D eigenvalue weighted by atomic mass is 32.1. The highest BCUT2D eigenvalue weighted by Crippen LogP contribution is 2.24. The van der Waals surface area contributed by atoms with Gasteiger partial charge in [-0.05, 0) is 24.1 Å². The summed E-state index contributed by atoms with van der Waals surface area (Å²) < 4.78 is 7.11. The third-order valence-electron chi connectivity index (χ3n) is 3.34. The Kier molecular flexibility index (Phi) is 5.12. The van der Waals surface area contributed by atoms with Gasteiger partial charge in [-0.15, -0.1) is 0 Å². The predicted octanol–water partition coefficient (Wildman–Crippen LogP) is 3.61. The lowest BCUT2D eigenvalue weighted by atomic mass is 10.1. The average Bonchev–Trinajstić information content (AvgIpc) is 2.49. The van der Waals surface area contributed by atoms with Gasteiger partial charge in [-0.2, -0.15) is 12.6 Å². The molecule has 0 aliphatic heterocycles. The molecule has 0 radical (unpaired) electrons. The molecule has 21 heavy (non-hydrogen) atoms. The summed E-state index contributed by atoms with van der Waals surface area (Å²) in [5, 5.41) is 0. The summed E-state index contributed by atoms with van der Waals surface area (Å²) in [6.45, 7) is 4.90. The maximum atomic E-state index is 12.6. The van der Waals surface area contributed by atoms with E-state index < -0.39 is 0 Å². The summed E-state index contributed by atoms with van der Waals surface area (Å²) in [6.07, 6.45) is 0. The van der Waals surface area contributed by atoms with Gasteiger partial charge in [0.25, 0.3) is 5.56 Å². The van der Waals surface area contributed by atoms with E-state index in [1.54, 1.807) is 7.11 Å². The van der Waals surface area contributed by atoms with Crippen molar-refractivity contribution in [3.63, 3.8) is 0 Å². The second kappa shape index (κ2) is 6.85. The van der Waals surface area contributed by atoms with Crippen LogP contribution in [0.3, 0.4) is 0 Å². The smallest absolute Gasteiger partial charge is 0.255 e. The molecule has 0 aliphatic carbocycles. The predicted molar refractivity (Wildman–Crippen MR) is 90.2 cm³/mol. The van der Waals surface area contributed by atoms with Crippen molar-refractivity contribution in [2.24, 2.45) is 5.92 Å². The van der Waals surface area contributed by atoms with Crippen molar-refractivity contribution < 1.29 is 4.74 Å². The summed E-state index contributed by atoms with van der Waals surface area (Å²) in [4.78, 5) is 12.6. The number of methoxy groups -OCH3 is 1. The van der Waals surface area contributed by atoms with Crippen LogP contribution < -0.4 is 10.3 Å². The van der Waals surface area contributed by atoms with Crippen molar-refractivity contribution in [1.29, 1.82) is 0 Å². The largest absolute Gasteiger partial charge is 0.497 e. The Morgan fingerprint density at radius 1 is 1.24 bits per heavy atom. The molecular formula is C17H21NO2S. The van der Waals surface area contributed by atoms with Crippen molar-refractivity contribution in [3.05, 3.63) is 52.3 Å². The Morgan fingerprint density at radius 3 is 2.62 bits per heavy atom. The van der Waals surface area contributed by atoms with Crippen LogP contribution in [0.15, 0.2) is 41.2 Å². The number of rotatable bonds is 5. The molecule has 0 unspecified atom stereocenters. The number of pyridine rings is 1. The molecule has 0 atom stereocenters. The number of thiol groups is 1. The van der Waals surface area contributed by atoms with Gasteiger partial charge in [0, 0.05) is 23.4 Å². The number of nitrogens with zero attached hydrogens (tertiary/aromatic N) is 1. The molecule has 1 aromatic heterocycles. The highest BCUT2D eigenvalue weighted by Gasteiger charge is 2.11. The topological polar surface area (TPSA) is 31.2 Å². The molecule has 0 bridgehead atoms. The molecule has 4 heteroatoms. The molecule has 3 nitrogen and oxygen atoms in total. The summed E-state index contributed by atoms with van der Waals surface area (Å²) >= 11 is 4.24. The maximum Gasteiger partial charge on any atom is 0.255 e. The molecule has 2 rings (SSSR count). The quantitative estimate of drug-likeness (QED) is 0.856. The van der Waals surface area contributed by atoms with Crippen molar-refractivity contribution in [1.82, 2.24) is 4.57 Å². The second-order valence-electron chi connectivity index (χ2n) is 5.44. The molecule has 0 amide bonds. The Balaban J connectivity index is 2.61. The van der Waals surface area contributed by atoms with E-state index >= 15 is 0 Å². The zero-order valence-electron chi connectivity index (χ0n) is 12.7. The lowest BCUT2D eigenvalue weighted by molar-refractivity contribution is 0.415. The summed E-state index contributed by atoms with van der Waals surface area (Å²) in [7, 11) is 1.64. The van der Waals surface area contributed by atoms with Gasteiger partial charge in [-0.25, -0.2) is 0 Å². The summed E-state index contributed by atoms with van der Waals surface area (Å²) in [5.74, 6) is 1.63. The molecule has 1 aromatic carbocycles. The highest BCUT2D eigenvalue weighted by molar-refractivity contribution is 7.79. The first-order valence-corrected chi connectivity index (χ1v) is 7.68. The molecule has 0 saturated heterocycles. The normalized spacial score (nSPS) is 10.9. The van der Waals surface area contributed by atoms with E-state index in [2.05, 4.69) is 26.5 Å². The fraction of sp³-hybridized carbons (Fsp3) is 0.353. The number of hydrogen-bond acceptors (Lipinski definition) is 3. The molecular weight excluding hydrogens is 282 g/mol. The minimum atomic E-state index is 0.0408. The van der Waals surface area contributed by atoms with Gasteiger partial charge in [0.1, 0.15) is 5.75 Å². The molecule has 0 spiro atoms. The maximum absolute atomic E-state index is 12.6. The van der Waals surface area contributed by atoms with Gasteiger partial charge in [0.05, 0.1) is 12.8 Å². The number of aromatic nitrogens is 1. The number of ether oxygens (including phenoxy) is 1. The first-order valence-electron chi connectivity index (χ1n) is 7.04. The van der Waals surface area contributed by atoms with Crippen molar-refractivity contribution in [2.75, 3.05) is 7.11 Å². The fourth-order valence-corrected chi connectivity index (χ4v) is 2.57. The molecule has 0 fully saturated rings. The lowest BCUT2D eigenvalue weighted by Gasteiger charge is -2.16.